The van der Waals surface area contributed by atoms with Crippen molar-refractivity contribution in [3.05, 3.63) is 12.7 Å². The van der Waals surface area contributed by atoms with Gasteiger partial charge in [-0.2, -0.15) is 0 Å². The van der Waals surface area contributed by atoms with Gasteiger partial charge in [0.25, 0.3) is 0 Å². The lowest BCUT2D eigenvalue weighted by molar-refractivity contribution is -0.125. The van der Waals surface area contributed by atoms with E-state index in [1.54, 1.807) is 13.0 Å². The molecule has 110 valence electrons. The van der Waals surface area contributed by atoms with E-state index < -0.39 is 7.60 Å². The molecule has 0 bridgehead atoms. The zero-order valence-electron chi connectivity index (χ0n) is 12.0. The number of carbonyl (C=O) groups excluding carboxylic acids is 1. The maximum Gasteiger partial charge on any atom is 0.337 e. The monoisotopic (exact) mass is 290 g/mol. The molecule has 1 rings (SSSR count). The first kappa shape index (κ1) is 16.6. The van der Waals surface area contributed by atoms with Crippen LogP contribution in [0.5, 0.6) is 0 Å². The van der Waals surface area contributed by atoms with Crippen LogP contribution in [-0.2, 0) is 23.1 Å². The van der Waals surface area contributed by atoms with Crippen LogP contribution in [0.2, 0.25) is 0 Å². The maximum atomic E-state index is 12.1. The van der Waals surface area contributed by atoms with Gasteiger partial charge in [0.1, 0.15) is 11.9 Å². The third-order valence-corrected chi connectivity index (χ3v) is 5.56. The van der Waals surface area contributed by atoms with Crippen molar-refractivity contribution in [3.63, 3.8) is 0 Å². The molecule has 19 heavy (non-hydrogen) atoms. The van der Waals surface area contributed by atoms with Crippen LogP contribution >= 0.6 is 7.60 Å². The van der Waals surface area contributed by atoms with Crippen LogP contribution in [0.4, 0.5) is 0 Å². The van der Waals surface area contributed by atoms with Crippen molar-refractivity contribution in [3.8, 4) is 0 Å². The largest absolute Gasteiger partial charge is 0.367 e. The molecule has 1 fully saturated rings. The van der Waals surface area contributed by atoms with Gasteiger partial charge < -0.3 is 13.8 Å². The molecule has 1 saturated heterocycles. The van der Waals surface area contributed by atoms with Crippen LogP contribution in [-0.4, -0.2) is 37.9 Å². The van der Waals surface area contributed by atoms with Gasteiger partial charge in [0.2, 0.25) is 0 Å². The maximum absolute atomic E-state index is 12.1. The number of Topliss-reactive ketones (excluding diaryl/α,β-unsaturated/α-hetero) is 1. The second kappa shape index (κ2) is 6.31. The Labute approximate surface area is 114 Å². The van der Waals surface area contributed by atoms with E-state index >= 15 is 0 Å². The molecule has 0 amide bonds. The lowest BCUT2D eigenvalue weighted by Gasteiger charge is -2.24. The normalized spacial score (nSPS) is 29.2. The SMILES string of the molecule is C=C[C@]1(C)CC[C@@H]([C@H](C)C(=O)CP(=O)(OC)OC)O1. The van der Waals surface area contributed by atoms with Crippen LogP contribution in [0, 0.1) is 5.92 Å². The molecule has 0 aliphatic carbocycles. The first-order valence-corrected chi connectivity index (χ1v) is 8.06. The average Bonchev–Trinajstić information content (AvgIpc) is 2.81. The summed E-state index contributed by atoms with van der Waals surface area (Å²) in [7, 11) is -0.734. The Morgan fingerprint density at radius 3 is 2.58 bits per heavy atom. The molecule has 0 aromatic heterocycles. The number of hydrogen-bond donors (Lipinski definition) is 0. The molecule has 0 aromatic rings. The minimum atomic E-state index is -3.30. The second-order valence-corrected chi connectivity index (χ2v) is 7.37. The Kier molecular flexibility index (Phi) is 5.51. The van der Waals surface area contributed by atoms with Crippen LogP contribution in [0.1, 0.15) is 26.7 Å². The van der Waals surface area contributed by atoms with E-state index in [1.165, 1.54) is 14.2 Å². The predicted molar refractivity (Wildman–Crippen MR) is 73.4 cm³/mol. The summed E-state index contributed by atoms with van der Waals surface area (Å²) >= 11 is 0. The topological polar surface area (TPSA) is 61.8 Å². The van der Waals surface area contributed by atoms with Gasteiger partial charge in [-0.05, 0) is 19.8 Å². The van der Waals surface area contributed by atoms with Gasteiger partial charge in [-0.15, -0.1) is 6.58 Å². The van der Waals surface area contributed by atoms with Crippen molar-refractivity contribution in [2.45, 2.75) is 38.4 Å². The number of ether oxygens (including phenoxy) is 1. The molecule has 6 heteroatoms. The summed E-state index contributed by atoms with van der Waals surface area (Å²) in [6, 6.07) is 0. The highest BCUT2D eigenvalue weighted by Gasteiger charge is 2.40. The Balaban J connectivity index is 2.64. The zero-order chi connectivity index (χ0) is 14.7. The Bertz CT molecular complexity index is 386. The summed E-state index contributed by atoms with van der Waals surface area (Å²) in [4.78, 5) is 12.1. The molecular weight excluding hydrogens is 267 g/mol. The molecule has 0 radical (unpaired) electrons. The van der Waals surface area contributed by atoms with E-state index in [4.69, 9.17) is 13.8 Å². The van der Waals surface area contributed by atoms with E-state index in [2.05, 4.69) is 6.58 Å². The third-order valence-electron chi connectivity index (χ3n) is 3.75. The summed E-state index contributed by atoms with van der Waals surface area (Å²) in [6.45, 7) is 7.48. The van der Waals surface area contributed by atoms with E-state index in [0.29, 0.717) is 0 Å². The minimum Gasteiger partial charge on any atom is -0.367 e. The standard InChI is InChI=1S/C13H23O5P/c1-6-13(3)8-7-12(18-13)10(2)11(14)9-19(15,16-4)17-5/h6,10,12H,1,7-9H2,2-5H3/t10-,12+,13-/m1/s1. The van der Waals surface area contributed by atoms with Gasteiger partial charge in [-0.25, -0.2) is 0 Å². The highest BCUT2D eigenvalue weighted by Crippen LogP contribution is 2.47. The summed E-state index contributed by atoms with van der Waals surface area (Å²) in [5.41, 5.74) is -0.370. The van der Waals surface area contributed by atoms with Crippen LogP contribution in [0.3, 0.4) is 0 Å². The summed E-state index contributed by atoms with van der Waals surface area (Å²) in [5, 5.41) is 0. The number of rotatable bonds is 7. The van der Waals surface area contributed by atoms with Gasteiger partial charge >= 0.3 is 7.60 Å². The minimum absolute atomic E-state index is 0.162. The van der Waals surface area contributed by atoms with Gasteiger partial charge in [-0.1, -0.05) is 13.0 Å². The molecule has 0 N–H and O–H groups in total. The van der Waals surface area contributed by atoms with Crippen molar-refractivity contribution < 1.29 is 23.1 Å². The van der Waals surface area contributed by atoms with Gasteiger partial charge in [0, 0.05) is 20.1 Å². The predicted octanol–water partition coefficient (Wildman–Crippen LogP) is 2.80. The first-order valence-electron chi connectivity index (χ1n) is 6.34. The lowest BCUT2D eigenvalue weighted by atomic mass is 9.96. The lowest BCUT2D eigenvalue weighted by Crippen LogP contribution is -2.31. The van der Waals surface area contributed by atoms with Crippen molar-refractivity contribution in [1.29, 1.82) is 0 Å². The molecule has 0 spiro atoms. The smallest absolute Gasteiger partial charge is 0.337 e. The van der Waals surface area contributed by atoms with Gasteiger partial charge in [-0.3, -0.25) is 9.36 Å². The summed E-state index contributed by atoms with van der Waals surface area (Å²) in [5.74, 6) is -0.495. The molecule has 1 aliphatic heterocycles. The average molecular weight is 290 g/mol. The van der Waals surface area contributed by atoms with E-state index in [9.17, 15) is 9.36 Å². The van der Waals surface area contributed by atoms with Crippen molar-refractivity contribution in [2.75, 3.05) is 20.4 Å². The number of carbonyl (C=O) groups is 1. The van der Waals surface area contributed by atoms with Crippen LogP contribution < -0.4 is 0 Å². The highest BCUT2D eigenvalue weighted by molar-refractivity contribution is 7.54. The quantitative estimate of drug-likeness (QED) is 0.533. The van der Waals surface area contributed by atoms with Gasteiger partial charge in [0.05, 0.1) is 11.7 Å². The second-order valence-electron chi connectivity index (χ2n) is 5.10. The summed E-state index contributed by atoms with van der Waals surface area (Å²) < 4.78 is 27.4. The first-order chi connectivity index (χ1) is 8.79. The molecular formula is C13H23O5P. The molecule has 1 aliphatic rings. The van der Waals surface area contributed by atoms with E-state index in [1.807, 2.05) is 6.92 Å². The Morgan fingerprint density at radius 1 is 1.58 bits per heavy atom. The van der Waals surface area contributed by atoms with Crippen molar-refractivity contribution in [1.82, 2.24) is 0 Å². The molecule has 5 nitrogen and oxygen atoms in total. The Morgan fingerprint density at radius 2 is 2.16 bits per heavy atom. The molecule has 0 saturated carbocycles. The van der Waals surface area contributed by atoms with Crippen molar-refractivity contribution >= 4 is 13.4 Å². The zero-order valence-corrected chi connectivity index (χ0v) is 12.9. The molecule has 1 heterocycles. The number of hydrogen-bond acceptors (Lipinski definition) is 5. The van der Waals surface area contributed by atoms with Crippen molar-refractivity contribution in [2.24, 2.45) is 5.92 Å². The highest BCUT2D eigenvalue weighted by atomic mass is 31.2. The fourth-order valence-corrected chi connectivity index (χ4v) is 3.22. The van der Waals surface area contributed by atoms with Gasteiger partial charge in [0.15, 0.2) is 0 Å². The van der Waals surface area contributed by atoms with E-state index in [-0.39, 0.29) is 29.6 Å². The number of ketones is 1. The van der Waals surface area contributed by atoms with Crippen LogP contribution in [0.25, 0.3) is 0 Å². The Hall–Kier alpha value is -0.480. The fourth-order valence-electron chi connectivity index (χ4n) is 2.14. The van der Waals surface area contributed by atoms with Crippen LogP contribution in [0.15, 0.2) is 12.7 Å². The fraction of sp³-hybridized carbons (Fsp3) is 0.769. The summed E-state index contributed by atoms with van der Waals surface area (Å²) in [6.07, 6.45) is 3.01. The third kappa shape index (κ3) is 3.99. The van der Waals surface area contributed by atoms with E-state index in [0.717, 1.165) is 12.8 Å². The molecule has 3 atom stereocenters. The molecule has 0 unspecified atom stereocenters. The molecule has 0 aromatic carbocycles.